The Morgan fingerprint density at radius 3 is 2.50 bits per heavy atom. The molecule has 1 aromatic heterocycles. The summed E-state index contributed by atoms with van der Waals surface area (Å²) < 4.78 is 1.13. The van der Waals surface area contributed by atoms with Gasteiger partial charge in [-0.2, -0.15) is 0 Å². The van der Waals surface area contributed by atoms with Crippen LogP contribution in [-0.4, -0.2) is 54.5 Å². The van der Waals surface area contributed by atoms with Crippen LogP contribution in [0.25, 0.3) is 10.1 Å². The van der Waals surface area contributed by atoms with E-state index < -0.39 is 0 Å². The minimum atomic E-state index is -0.0449. The normalized spacial score (nSPS) is 15.1. The van der Waals surface area contributed by atoms with E-state index in [1.54, 1.807) is 4.90 Å². The summed E-state index contributed by atoms with van der Waals surface area (Å²) in [7, 11) is 0. The topological polar surface area (TPSA) is 52.7 Å². The van der Waals surface area contributed by atoms with Crippen molar-refractivity contribution < 1.29 is 9.59 Å². The number of piperazine rings is 1. The first-order chi connectivity index (χ1) is 10.7. The maximum atomic E-state index is 12.6. The summed E-state index contributed by atoms with van der Waals surface area (Å²) in [6.45, 7) is 4.87. The van der Waals surface area contributed by atoms with E-state index in [0.717, 1.165) is 15.0 Å². The molecule has 0 bridgehead atoms. The van der Waals surface area contributed by atoms with Crippen LogP contribution in [0.5, 0.6) is 0 Å². The number of fused-ring (bicyclic) bond motifs is 1. The second-order valence-corrected chi connectivity index (χ2v) is 6.35. The van der Waals surface area contributed by atoms with Crippen LogP contribution in [-0.2, 0) is 0 Å². The predicted molar refractivity (Wildman–Crippen MR) is 88.4 cm³/mol. The Morgan fingerprint density at radius 1 is 1.14 bits per heavy atom. The Kier molecular flexibility index (Phi) is 4.29. The van der Waals surface area contributed by atoms with Crippen LogP contribution in [0.1, 0.15) is 16.6 Å². The molecule has 0 spiro atoms. The summed E-state index contributed by atoms with van der Waals surface area (Å²) in [5.74, 6) is 0.0664. The Hall–Kier alpha value is -2.08. The van der Waals surface area contributed by atoms with Crippen molar-refractivity contribution in [2.75, 3.05) is 32.7 Å². The number of benzene rings is 1. The second kappa shape index (κ2) is 6.36. The van der Waals surface area contributed by atoms with E-state index in [1.165, 1.54) is 11.3 Å². The van der Waals surface area contributed by atoms with Gasteiger partial charge in [0.1, 0.15) is 0 Å². The lowest BCUT2D eigenvalue weighted by atomic mass is 10.2. The summed E-state index contributed by atoms with van der Waals surface area (Å²) in [5.41, 5.74) is 0. The largest absolute Gasteiger partial charge is 0.338 e. The molecular formula is C16H19N3O2S. The van der Waals surface area contributed by atoms with Crippen molar-refractivity contribution in [2.24, 2.45) is 0 Å². The number of hydrogen-bond donors (Lipinski definition) is 1. The highest BCUT2D eigenvalue weighted by atomic mass is 32.1. The van der Waals surface area contributed by atoms with Crippen molar-refractivity contribution in [2.45, 2.75) is 6.92 Å². The zero-order valence-corrected chi connectivity index (χ0v) is 13.4. The zero-order valence-electron chi connectivity index (χ0n) is 12.5. The predicted octanol–water partition coefficient (Wildman–Crippen LogP) is 2.39. The van der Waals surface area contributed by atoms with Crippen LogP contribution >= 0.6 is 11.3 Å². The Labute approximate surface area is 133 Å². The summed E-state index contributed by atoms with van der Waals surface area (Å²) in [4.78, 5) is 28.7. The van der Waals surface area contributed by atoms with E-state index in [4.69, 9.17) is 0 Å². The smallest absolute Gasteiger partial charge is 0.317 e. The van der Waals surface area contributed by atoms with E-state index in [9.17, 15) is 9.59 Å². The van der Waals surface area contributed by atoms with Crippen molar-refractivity contribution >= 4 is 33.4 Å². The molecular weight excluding hydrogens is 298 g/mol. The first kappa shape index (κ1) is 14.8. The minimum Gasteiger partial charge on any atom is -0.338 e. The molecule has 3 rings (SSSR count). The molecule has 1 saturated heterocycles. The molecule has 3 amide bonds. The van der Waals surface area contributed by atoms with Crippen LogP contribution in [0.3, 0.4) is 0 Å². The lowest BCUT2D eigenvalue weighted by Gasteiger charge is -2.34. The molecule has 2 aromatic rings. The zero-order chi connectivity index (χ0) is 15.5. The molecule has 22 heavy (non-hydrogen) atoms. The van der Waals surface area contributed by atoms with Crippen molar-refractivity contribution in [3.8, 4) is 0 Å². The molecule has 0 unspecified atom stereocenters. The molecule has 0 aliphatic carbocycles. The standard InChI is InChI=1S/C16H19N3O2S/c1-2-17-16(21)19-9-7-18(8-10-19)15(20)14-11-12-5-3-4-6-13(12)22-14/h3-6,11H,2,7-10H2,1H3,(H,17,21). The third kappa shape index (κ3) is 2.92. The van der Waals surface area contributed by atoms with Gasteiger partial charge in [0.05, 0.1) is 4.88 Å². The van der Waals surface area contributed by atoms with Crippen LogP contribution in [0.4, 0.5) is 4.79 Å². The first-order valence-electron chi connectivity index (χ1n) is 7.49. The number of nitrogens with zero attached hydrogens (tertiary/aromatic N) is 2. The van der Waals surface area contributed by atoms with Crippen molar-refractivity contribution in [3.05, 3.63) is 35.2 Å². The van der Waals surface area contributed by atoms with Gasteiger partial charge in [0, 0.05) is 37.4 Å². The number of hydrogen-bond acceptors (Lipinski definition) is 3. The first-order valence-corrected chi connectivity index (χ1v) is 8.31. The fourth-order valence-electron chi connectivity index (χ4n) is 2.62. The molecule has 0 radical (unpaired) electrons. The van der Waals surface area contributed by atoms with Gasteiger partial charge in [-0.25, -0.2) is 4.79 Å². The molecule has 0 atom stereocenters. The summed E-state index contributed by atoms with van der Waals surface area (Å²) in [5, 5.41) is 3.90. The molecule has 1 aromatic carbocycles. The van der Waals surface area contributed by atoms with Gasteiger partial charge in [-0.05, 0) is 24.4 Å². The molecule has 1 aliphatic heterocycles. The van der Waals surface area contributed by atoms with Crippen LogP contribution in [0, 0.1) is 0 Å². The van der Waals surface area contributed by atoms with Crippen LogP contribution in [0.2, 0.25) is 0 Å². The number of nitrogens with one attached hydrogen (secondary N) is 1. The fraction of sp³-hybridized carbons (Fsp3) is 0.375. The van der Waals surface area contributed by atoms with Gasteiger partial charge >= 0.3 is 6.03 Å². The Bertz CT molecular complexity index is 657. The fourth-order valence-corrected chi connectivity index (χ4v) is 3.65. The SMILES string of the molecule is CCNC(=O)N1CCN(C(=O)c2cc3ccccc3s2)CC1. The van der Waals surface area contributed by atoms with Gasteiger partial charge in [0.15, 0.2) is 0 Å². The van der Waals surface area contributed by atoms with E-state index in [2.05, 4.69) is 5.32 Å². The van der Waals surface area contributed by atoms with Gasteiger partial charge in [-0.1, -0.05) is 18.2 Å². The summed E-state index contributed by atoms with van der Waals surface area (Å²) in [6, 6.07) is 9.93. The number of urea groups is 1. The lowest BCUT2D eigenvalue weighted by Crippen LogP contribution is -2.53. The molecule has 0 saturated carbocycles. The molecule has 1 N–H and O–H groups in total. The van der Waals surface area contributed by atoms with E-state index in [-0.39, 0.29) is 11.9 Å². The highest BCUT2D eigenvalue weighted by Crippen LogP contribution is 2.26. The maximum absolute atomic E-state index is 12.6. The minimum absolute atomic E-state index is 0.0449. The third-order valence-electron chi connectivity index (χ3n) is 3.82. The molecule has 116 valence electrons. The van der Waals surface area contributed by atoms with Gasteiger partial charge in [0.25, 0.3) is 5.91 Å². The number of carbonyl (C=O) groups is 2. The molecule has 6 heteroatoms. The van der Waals surface area contributed by atoms with E-state index in [1.807, 2.05) is 42.2 Å². The van der Waals surface area contributed by atoms with Crippen LogP contribution < -0.4 is 5.32 Å². The van der Waals surface area contributed by atoms with Gasteiger partial charge in [-0.3, -0.25) is 4.79 Å². The summed E-state index contributed by atoms with van der Waals surface area (Å²) in [6.07, 6.45) is 0. The lowest BCUT2D eigenvalue weighted by molar-refractivity contribution is 0.0670. The van der Waals surface area contributed by atoms with Gasteiger partial charge in [0.2, 0.25) is 0 Å². The summed E-state index contributed by atoms with van der Waals surface area (Å²) >= 11 is 1.53. The van der Waals surface area contributed by atoms with E-state index >= 15 is 0 Å². The molecule has 1 aliphatic rings. The second-order valence-electron chi connectivity index (χ2n) is 5.26. The van der Waals surface area contributed by atoms with Crippen molar-refractivity contribution in [1.29, 1.82) is 0 Å². The highest BCUT2D eigenvalue weighted by Gasteiger charge is 2.25. The maximum Gasteiger partial charge on any atom is 0.317 e. The Morgan fingerprint density at radius 2 is 1.82 bits per heavy atom. The number of amides is 3. The molecule has 1 fully saturated rings. The third-order valence-corrected chi connectivity index (χ3v) is 4.92. The highest BCUT2D eigenvalue weighted by molar-refractivity contribution is 7.20. The van der Waals surface area contributed by atoms with Gasteiger partial charge in [-0.15, -0.1) is 11.3 Å². The quantitative estimate of drug-likeness (QED) is 0.924. The molecule has 5 nitrogen and oxygen atoms in total. The Balaban J connectivity index is 1.65. The molecule has 2 heterocycles. The number of rotatable bonds is 2. The monoisotopic (exact) mass is 317 g/mol. The number of carbonyl (C=O) groups excluding carboxylic acids is 2. The van der Waals surface area contributed by atoms with Crippen molar-refractivity contribution in [1.82, 2.24) is 15.1 Å². The van der Waals surface area contributed by atoms with E-state index in [0.29, 0.717) is 32.7 Å². The van der Waals surface area contributed by atoms with Gasteiger partial charge < -0.3 is 15.1 Å². The average molecular weight is 317 g/mol. The van der Waals surface area contributed by atoms with Crippen molar-refractivity contribution in [3.63, 3.8) is 0 Å². The average Bonchev–Trinajstić information content (AvgIpc) is 2.98. The van der Waals surface area contributed by atoms with Crippen LogP contribution in [0.15, 0.2) is 30.3 Å². The number of thiophene rings is 1.